The Hall–Kier alpha value is -2.18. The fraction of sp³-hybridized carbons (Fsp3) is 0.571. The summed E-state index contributed by atoms with van der Waals surface area (Å²) in [6, 6.07) is -0.627. The number of ether oxygens (including phenoxy) is 1. The van der Waals surface area contributed by atoms with E-state index in [4.69, 9.17) is 4.74 Å². The SMILES string of the molecule is CCOC(=O)c1cnc(N2CCC(C)C2C(=O)O)nc1C. The second-order valence-corrected chi connectivity index (χ2v) is 5.13. The third-order valence-corrected chi connectivity index (χ3v) is 3.67. The van der Waals surface area contributed by atoms with Gasteiger partial charge in [0.15, 0.2) is 0 Å². The topological polar surface area (TPSA) is 92.6 Å². The van der Waals surface area contributed by atoms with Crippen molar-refractivity contribution in [2.45, 2.75) is 33.2 Å². The molecule has 2 unspecified atom stereocenters. The predicted molar refractivity (Wildman–Crippen MR) is 75.3 cm³/mol. The first-order valence-electron chi connectivity index (χ1n) is 6.96. The number of carbonyl (C=O) groups excluding carboxylic acids is 1. The van der Waals surface area contributed by atoms with Gasteiger partial charge in [0.05, 0.1) is 17.9 Å². The summed E-state index contributed by atoms with van der Waals surface area (Å²) in [7, 11) is 0. The molecule has 1 fully saturated rings. The molecule has 7 heteroatoms. The van der Waals surface area contributed by atoms with Crippen molar-refractivity contribution in [3.63, 3.8) is 0 Å². The molecule has 0 aromatic carbocycles. The maximum atomic E-state index is 11.7. The molecule has 21 heavy (non-hydrogen) atoms. The highest BCUT2D eigenvalue weighted by Gasteiger charge is 2.38. The van der Waals surface area contributed by atoms with Gasteiger partial charge in [0.25, 0.3) is 0 Å². The number of aliphatic carboxylic acids is 1. The minimum absolute atomic E-state index is 0.0381. The number of rotatable bonds is 4. The van der Waals surface area contributed by atoms with Gasteiger partial charge in [-0.25, -0.2) is 19.6 Å². The number of esters is 1. The van der Waals surface area contributed by atoms with Gasteiger partial charge in [-0.2, -0.15) is 0 Å². The van der Waals surface area contributed by atoms with Gasteiger partial charge in [-0.05, 0) is 26.2 Å². The molecule has 0 bridgehead atoms. The first-order chi connectivity index (χ1) is 9.95. The average molecular weight is 293 g/mol. The molecule has 1 aromatic rings. The number of carboxylic acid groups (broad SMARTS) is 1. The monoisotopic (exact) mass is 293 g/mol. The van der Waals surface area contributed by atoms with Crippen LogP contribution in [0.5, 0.6) is 0 Å². The molecular weight excluding hydrogens is 274 g/mol. The van der Waals surface area contributed by atoms with Gasteiger partial charge in [0, 0.05) is 12.7 Å². The van der Waals surface area contributed by atoms with E-state index in [0.29, 0.717) is 23.8 Å². The Bertz CT molecular complexity index is 561. The first-order valence-corrected chi connectivity index (χ1v) is 6.96. The first kappa shape index (κ1) is 15.2. The molecular formula is C14H19N3O4. The van der Waals surface area contributed by atoms with Crippen molar-refractivity contribution in [3.8, 4) is 0 Å². The molecule has 1 saturated heterocycles. The predicted octanol–water partition coefficient (Wildman–Crippen LogP) is 1.26. The molecule has 1 aliphatic rings. The number of aromatic nitrogens is 2. The third-order valence-electron chi connectivity index (χ3n) is 3.67. The van der Waals surface area contributed by atoms with Crippen molar-refractivity contribution >= 4 is 17.9 Å². The van der Waals surface area contributed by atoms with Crippen molar-refractivity contribution in [1.82, 2.24) is 9.97 Å². The van der Waals surface area contributed by atoms with Crippen molar-refractivity contribution in [3.05, 3.63) is 17.5 Å². The summed E-state index contributed by atoms with van der Waals surface area (Å²) in [5.41, 5.74) is 0.793. The molecule has 0 radical (unpaired) electrons. The number of aryl methyl sites for hydroxylation is 1. The Morgan fingerprint density at radius 3 is 2.81 bits per heavy atom. The van der Waals surface area contributed by atoms with E-state index in [2.05, 4.69) is 9.97 Å². The molecule has 1 aliphatic heterocycles. The molecule has 1 N–H and O–H groups in total. The van der Waals surface area contributed by atoms with Crippen LogP contribution in [0.2, 0.25) is 0 Å². The van der Waals surface area contributed by atoms with E-state index < -0.39 is 18.0 Å². The van der Waals surface area contributed by atoms with E-state index in [1.54, 1.807) is 18.7 Å². The van der Waals surface area contributed by atoms with Crippen LogP contribution < -0.4 is 4.90 Å². The molecule has 1 aromatic heterocycles. The van der Waals surface area contributed by atoms with Crippen LogP contribution in [0, 0.1) is 12.8 Å². The second kappa shape index (κ2) is 6.07. The van der Waals surface area contributed by atoms with E-state index in [1.165, 1.54) is 6.20 Å². The molecule has 2 heterocycles. The summed E-state index contributed by atoms with van der Waals surface area (Å²) in [6.07, 6.45) is 2.18. The Morgan fingerprint density at radius 1 is 1.52 bits per heavy atom. The van der Waals surface area contributed by atoms with Crippen LogP contribution in [0.1, 0.15) is 36.3 Å². The maximum absolute atomic E-state index is 11.7. The Labute approximate surface area is 123 Å². The summed E-state index contributed by atoms with van der Waals surface area (Å²) < 4.78 is 4.92. The minimum Gasteiger partial charge on any atom is -0.480 e. The molecule has 7 nitrogen and oxygen atoms in total. The summed E-state index contributed by atoms with van der Waals surface area (Å²) in [4.78, 5) is 33.2. The Balaban J connectivity index is 2.28. The second-order valence-electron chi connectivity index (χ2n) is 5.13. The van der Waals surface area contributed by atoms with Crippen molar-refractivity contribution < 1.29 is 19.4 Å². The van der Waals surface area contributed by atoms with Crippen LogP contribution in [0.4, 0.5) is 5.95 Å². The molecule has 0 saturated carbocycles. The summed E-state index contributed by atoms with van der Waals surface area (Å²) in [5.74, 6) is -0.963. The fourth-order valence-electron chi connectivity index (χ4n) is 2.55. The van der Waals surface area contributed by atoms with Gasteiger partial charge in [0.2, 0.25) is 5.95 Å². The lowest BCUT2D eigenvalue weighted by molar-refractivity contribution is -0.139. The average Bonchev–Trinajstić information content (AvgIpc) is 2.80. The van der Waals surface area contributed by atoms with Gasteiger partial charge in [0.1, 0.15) is 6.04 Å². The molecule has 0 spiro atoms. The molecule has 2 rings (SSSR count). The third kappa shape index (κ3) is 2.96. The molecule has 0 amide bonds. The molecule has 0 aliphatic carbocycles. The van der Waals surface area contributed by atoms with Crippen LogP contribution in [-0.4, -0.2) is 46.2 Å². The van der Waals surface area contributed by atoms with Crippen LogP contribution >= 0.6 is 0 Å². The van der Waals surface area contributed by atoms with Gasteiger partial charge >= 0.3 is 11.9 Å². The van der Waals surface area contributed by atoms with Gasteiger partial charge in [-0.3, -0.25) is 0 Å². The maximum Gasteiger partial charge on any atom is 0.341 e. The van der Waals surface area contributed by atoms with Crippen LogP contribution in [-0.2, 0) is 9.53 Å². The number of hydrogen-bond acceptors (Lipinski definition) is 6. The normalized spacial score (nSPS) is 21.4. The van der Waals surface area contributed by atoms with E-state index in [-0.39, 0.29) is 12.5 Å². The van der Waals surface area contributed by atoms with E-state index in [9.17, 15) is 14.7 Å². The number of carbonyl (C=O) groups is 2. The highest BCUT2D eigenvalue weighted by atomic mass is 16.5. The summed E-state index contributed by atoms with van der Waals surface area (Å²) in [6.45, 7) is 6.19. The standard InChI is InChI=1S/C14H19N3O4/c1-4-21-13(20)10-7-15-14(16-9(10)3)17-6-5-8(2)11(17)12(18)19/h7-8,11H,4-6H2,1-3H3,(H,18,19). The lowest BCUT2D eigenvalue weighted by Crippen LogP contribution is -2.40. The van der Waals surface area contributed by atoms with Gasteiger partial charge < -0.3 is 14.7 Å². The van der Waals surface area contributed by atoms with E-state index in [1.807, 2.05) is 6.92 Å². The van der Waals surface area contributed by atoms with Gasteiger partial charge in [-0.1, -0.05) is 6.92 Å². The molecule has 114 valence electrons. The summed E-state index contributed by atoms with van der Waals surface area (Å²) >= 11 is 0. The summed E-state index contributed by atoms with van der Waals surface area (Å²) in [5, 5.41) is 9.33. The van der Waals surface area contributed by atoms with Crippen molar-refractivity contribution in [2.24, 2.45) is 5.92 Å². The number of anilines is 1. The zero-order valence-corrected chi connectivity index (χ0v) is 12.4. The Morgan fingerprint density at radius 2 is 2.24 bits per heavy atom. The fourth-order valence-corrected chi connectivity index (χ4v) is 2.55. The zero-order valence-electron chi connectivity index (χ0n) is 12.4. The van der Waals surface area contributed by atoms with Crippen LogP contribution in [0.3, 0.4) is 0 Å². The van der Waals surface area contributed by atoms with Crippen LogP contribution in [0.15, 0.2) is 6.20 Å². The quantitative estimate of drug-likeness (QED) is 0.835. The van der Waals surface area contributed by atoms with Crippen molar-refractivity contribution in [1.29, 1.82) is 0 Å². The highest BCUT2D eigenvalue weighted by molar-refractivity contribution is 5.90. The smallest absolute Gasteiger partial charge is 0.341 e. The number of hydrogen-bond donors (Lipinski definition) is 1. The number of nitrogens with zero attached hydrogens (tertiary/aromatic N) is 3. The van der Waals surface area contributed by atoms with E-state index >= 15 is 0 Å². The van der Waals surface area contributed by atoms with Crippen LogP contribution in [0.25, 0.3) is 0 Å². The van der Waals surface area contributed by atoms with Gasteiger partial charge in [-0.15, -0.1) is 0 Å². The zero-order chi connectivity index (χ0) is 15.6. The Kier molecular flexibility index (Phi) is 4.40. The lowest BCUT2D eigenvalue weighted by Gasteiger charge is -2.23. The largest absolute Gasteiger partial charge is 0.480 e. The number of carboxylic acids is 1. The lowest BCUT2D eigenvalue weighted by atomic mass is 10.0. The van der Waals surface area contributed by atoms with Crippen molar-refractivity contribution in [2.75, 3.05) is 18.1 Å². The molecule has 2 atom stereocenters. The van der Waals surface area contributed by atoms with E-state index in [0.717, 1.165) is 6.42 Å². The minimum atomic E-state index is -0.879. The highest BCUT2D eigenvalue weighted by Crippen LogP contribution is 2.27.